The molecule has 0 saturated carbocycles. The van der Waals surface area contributed by atoms with Gasteiger partial charge in [-0.3, -0.25) is 9.52 Å². The minimum atomic E-state index is -3.84. The predicted molar refractivity (Wildman–Crippen MR) is 125 cm³/mol. The lowest BCUT2D eigenvalue weighted by atomic mass is 10.3. The highest BCUT2D eigenvalue weighted by Gasteiger charge is 2.19. The molecule has 0 unspecified atom stereocenters. The number of carbonyl (C=O) groups excluding carboxylic acids is 1. The monoisotopic (exact) mass is 488 g/mol. The first-order valence-corrected chi connectivity index (χ1v) is 12.0. The van der Waals surface area contributed by atoms with Crippen molar-refractivity contribution >= 4 is 38.9 Å². The van der Waals surface area contributed by atoms with Crippen molar-refractivity contribution in [3.63, 3.8) is 0 Å². The molecular formula is C23H21ClN2O6S. The number of halogens is 1. The van der Waals surface area contributed by atoms with Crippen LogP contribution in [0.15, 0.2) is 71.6 Å². The summed E-state index contributed by atoms with van der Waals surface area (Å²) in [7, 11) is -3.84. The Balaban J connectivity index is 1.36. The normalized spacial score (nSPS) is 13.0. The third-order valence-corrected chi connectivity index (χ3v) is 6.34. The highest BCUT2D eigenvalue weighted by atomic mass is 35.5. The van der Waals surface area contributed by atoms with Crippen LogP contribution in [0, 0.1) is 0 Å². The molecule has 0 saturated heterocycles. The van der Waals surface area contributed by atoms with Crippen LogP contribution in [-0.4, -0.2) is 34.1 Å². The maximum Gasteiger partial charge on any atom is 0.262 e. The van der Waals surface area contributed by atoms with Crippen molar-refractivity contribution in [3.8, 4) is 17.2 Å². The Hall–Kier alpha value is -3.43. The fraction of sp³-hybridized carbons (Fsp3) is 0.174. The van der Waals surface area contributed by atoms with Crippen molar-refractivity contribution in [1.82, 2.24) is 0 Å². The molecule has 0 aromatic heterocycles. The molecule has 33 heavy (non-hydrogen) atoms. The number of nitrogens with one attached hydrogen (secondary N) is 2. The molecule has 3 aromatic carbocycles. The minimum absolute atomic E-state index is 0.0563. The summed E-state index contributed by atoms with van der Waals surface area (Å²) >= 11 is 6.00. The second-order valence-electron chi connectivity index (χ2n) is 7.11. The number of rotatable bonds is 7. The number of para-hydroxylation sites is 1. The van der Waals surface area contributed by atoms with Gasteiger partial charge < -0.3 is 19.5 Å². The maximum absolute atomic E-state index is 12.8. The van der Waals surface area contributed by atoms with E-state index in [1.54, 1.807) is 54.6 Å². The minimum Gasteiger partial charge on any atom is -0.490 e. The number of sulfonamides is 1. The van der Waals surface area contributed by atoms with E-state index < -0.39 is 10.0 Å². The van der Waals surface area contributed by atoms with E-state index in [4.69, 9.17) is 25.8 Å². The van der Waals surface area contributed by atoms with Crippen molar-refractivity contribution in [2.45, 2.75) is 11.3 Å². The Kier molecular flexibility index (Phi) is 6.90. The molecule has 0 bridgehead atoms. The van der Waals surface area contributed by atoms with Gasteiger partial charge in [-0.2, -0.15) is 0 Å². The standard InChI is InChI=1S/C23H21ClN2O6S/c24-19-4-1-2-5-20(19)32-15-23(27)25-16-6-8-17(9-7-16)26-33(28,29)18-10-11-21-22(14-18)31-13-3-12-30-21/h1-2,4-11,14,26H,3,12-13,15H2,(H,25,27). The van der Waals surface area contributed by atoms with E-state index in [0.29, 0.717) is 46.9 Å². The molecule has 4 rings (SSSR count). The second kappa shape index (κ2) is 10.0. The number of fused-ring (bicyclic) bond motifs is 1. The van der Waals surface area contributed by atoms with Gasteiger partial charge in [0.2, 0.25) is 0 Å². The molecule has 1 amide bonds. The molecule has 8 nitrogen and oxygen atoms in total. The first-order valence-electron chi connectivity index (χ1n) is 10.1. The van der Waals surface area contributed by atoms with Crippen LogP contribution in [-0.2, 0) is 14.8 Å². The highest BCUT2D eigenvalue weighted by molar-refractivity contribution is 7.92. The average molecular weight is 489 g/mol. The summed E-state index contributed by atoms with van der Waals surface area (Å²) in [5, 5.41) is 3.09. The Morgan fingerprint density at radius 3 is 2.39 bits per heavy atom. The van der Waals surface area contributed by atoms with Gasteiger partial charge in [-0.05, 0) is 48.5 Å². The molecule has 0 spiro atoms. The number of carbonyl (C=O) groups is 1. The summed E-state index contributed by atoms with van der Waals surface area (Å²) in [6.45, 7) is 0.759. The van der Waals surface area contributed by atoms with Crippen LogP contribution in [0.2, 0.25) is 5.02 Å². The fourth-order valence-electron chi connectivity index (χ4n) is 3.05. The predicted octanol–water partition coefficient (Wildman–Crippen LogP) is 4.32. The highest BCUT2D eigenvalue weighted by Crippen LogP contribution is 2.32. The lowest BCUT2D eigenvalue weighted by Gasteiger charge is -2.12. The molecule has 3 aromatic rings. The molecular weight excluding hydrogens is 468 g/mol. The van der Waals surface area contributed by atoms with Crippen molar-refractivity contribution in [1.29, 1.82) is 0 Å². The van der Waals surface area contributed by atoms with Gasteiger partial charge in [0.1, 0.15) is 5.75 Å². The average Bonchev–Trinajstić information content (AvgIpc) is 3.05. The van der Waals surface area contributed by atoms with Gasteiger partial charge in [-0.15, -0.1) is 0 Å². The second-order valence-corrected chi connectivity index (χ2v) is 9.20. The van der Waals surface area contributed by atoms with E-state index in [2.05, 4.69) is 10.0 Å². The van der Waals surface area contributed by atoms with E-state index >= 15 is 0 Å². The zero-order chi connectivity index (χ0) is 23.3. The van der Waals surface area contributed by atoms with Crippen LogP contribution >= 0.6 is 11.6 Å². The van der Waals surface area contributed by atoms with Gasteiger partial charge >= 0.3 is 0 Å². The number of hydrogen-bond acceptors (Lipinski definition) is 6. The molecule has 0 fully saturated rings. The molecule has 1 aliphatic heterocycles. The topological polar surface area (TPSA) is 103 Å². The van der Waals surface area contributed by atoms with Crippen molar-refractivity contribution < 1.29 is 27.4 Å². The van der Waals surface area contributed by atoms with Gasteiger partial charge in [0, 0.05) is 23.9 Å². The van der Waals surface area contributed by atoms with Crippen LogP contribution in [0.25, 0.3) is 0 Å². The largest absolute Gasteiger partial charge is 0.490 e. The maximum atomic E-state index is 12.8. The van der Waals surface area contributed by atoms with E-state index in [0.717, 1.165) is 6.42 Å². The van der Waals surface area contributed by atoms with Gasteiger partial charge in [0.25, 0.3) is 15.9 Å². The van der Waals surface area contributed by atoms with E-state index in [1.165, 1.54) is 12.1 Å². The van der Waals surface area contributed by atoms with Crippen LogP contribution in [0.4, 0.5) is 11.4 Å². The SMILES string of the molecule is O=C(COc1ccccc1Cl)Nc1ccc(NS(=O)(=O)c2ccc3c(c2)OCCCO3)cc1. The van der Waals surface area contributed by atoms with Crippen molar-refractivity contribution in [3.05, 3.63) is 71.8 Å². The van der Waals surface area contributed by atoms with Crippen LogP contribution in [0.3, 0.4) is 0 Å². The van der Waals surface area contributed by atoms with Gasteiger partial charge in [0.15, 0.2) is 18.1 Å². The summed E-state index contributed by atoms with van der Waals surface area (Å²) in [5.74, 6) is 0.946. The first-order chi connectivity index (χ1) is 15.9. The van der Waals surface area contributed by atoms with E-state index in [1.807, 2.05) is 0 Å². The summed E-state index contributed by atoms with van der Waals surface area (Å²) in [5.41, 5.74) is 0.828. The lowest BCUT2D eigenvalue weighted by molar-refractivity contribution is -0.118. The van der Waals surface area contributed by atoms with E-state index in [9.17, 15) is 13.2 Å². The molecule has 1 heterocycles. The Morgan fingerprint density at radius 2 is 1.64 bits per heavy atom. The molecule has 0 aliphatic carbocycles. The quantitative estimate of drug-likeness (QED) is 0.513. The number of amides is 1. The van der Waals surface area contributed by atoms with Crippen LogP contribution in [0.1, 0.15) is 6.42 Å². The number of benzene rings is 3. The number of anilines is 2. The van der Waals surface area contributed by atoms with Crippen molar-refractivity contribution in [2.24, 2.45) is 0 Å². The summed E-state index contributed by atoms with van der Waals surface area (Å²) in [6, 6.07) is 17.6. The third kappa shape index (κ3) is 5.88. The van der Waals surface area contributed by atoms with E-state index in [-0.39, 0.29) is 17.4 Å². The third-order valence-electron chi connectivity index (χ3n) is 4.65. The first kappa shape index (κ1) is 22.8. The van der Waals surface area contributed by atoms with Gasteiger partial charge in [0.05, 0.1) is 23.1 Å². The Morgan fingerprint density at radius 1 is 0.939 bits per heavy atom. The van der Waals surface area contributed by atoms with Gasteiger partial charge in [-0.1, -0.05) is 23.7 Å². The zero-order valence-electron chi connectivity index (χ0n) is 17.4. The zero-order valence-corrected chi connectivity index (χ0v) is 19.0. The number of ether oxygens (including phenoxy) is 3. The number of hydrogen-bond donors (Lipinski definition) is 2. The molecule has 172 valence electrons. The lowest BCUT2D eigenvalue weighted by Crippen LogP contribution is -2.20. The summed E-state index contributed by atoms with van der Waals surface area (Å²) in [4.78, 5) is 12.2. The molecule has 2 N–H and O–H groups in total. The summed E-state index contributed by atoms with van der Waals surface area (Å²) < 4.78 is 44.6. The Labute approximate surface area is 196 Å². The molecule has 0 radical (unpaired) electrons. The fourth-order valence-corrected chi connectivity index (χ4v) is 4.31. The smallest absolute Gasteiger partial charge is 0.262 e. The molecule has 10 heteroatoms. The van der Waals surface area contributed by atoms with Crippen LogP contribution < -0.4 is 24.2 Å². The van der Waals surface area contributed by atoms with Crippen LogP contribution in [0.5, 0.6) is 17.2 Å². The van der Waals surface area contributed by atoms with Crippen molar-refractivity contribution in [2.75, 3.05) is 29.9 Å². The molecule has 1 aliphatic rings. The Bertz CT molecular complexity index is 1250. The van der Waals surface area contributed by atoms with Gasteiger partial charge in [-0.25, -0.2) is 8.42 Å². The summed E-state index contributed by atoms with van der Waals surface area (Å²) in [6.07, 6.45) is 0.726. The molecule has 0 atom stereocenters.